The molecule has 0 atom stereocenters. The molecule has 0 bridgehead atoms. The quantitative estimate of drug-likeness (QED) is 0.606. The highest BCUT2D eigenvalue weighted by Gasteiger charge is 2.16. The Bertz CT molecular complexity index is 997. The standard InChI is InChI=1S/C22H25N5O2S/c1-16-14-18(25-29-16)15-30-22-20(4-3-9-23-22)21(28)24-17-5-7-19(8-6-17)27-12-10-26(2)11-13-27/h3-9,14H,10-13,15H2,1-2H3,(H,24,28). The highest BCUT2D eigenvalue weighted by Crippen LogP contribution is 2.25. The summed E-state index contributed by atoms with van der Waals surface area (Å²) in [6, 6.07) is 13.5. The highest BCUT2D eigenvalue weighted by atomic mass is 32.2. The lowest BCUT2D eigenvalue weighted by Gasteiger charge is -2.34. The number of nitrogens with zero attached hydrogens (tertiary/aromatic N) is 4. The monoisotopic (exact) mass is 423 g/mol. The zero-order chi connectivity index (χ0) is 20.9. The summed E-state index contributed by atoms with van der Waals surface area (Å²) < 4.78 is 5.10. The number of aromatic nitrogens is 2. The van der Waals surface area contributed by atoms with Crippen LogP contribution < -0.4 is 10.2 Å². The first-order valence-corrected chi connectivity index (χ1v) is 10.9. The van der Waals surface area contributed by atoms with E-state index in [2.05, 4.69) is 44.4 Å². The lowest BCUT2D eigenvalue weighted by atomic mass is 10.2. The number of rotatable bonds is 6. The Morgan fingerprint density at radius 1 is 1.17 bits per heavy atom. The molecule has 30 heavy (non-hydrogen) atoms. The third-order valence-corrected chi connectivity index (χ3v) is 6.08. The summed E-state index contributed by atoms with van der Waals surface area (Å²) in [6.45, 7) is 6.02. The second-order valence-electron chi connectivity index (χ2n) is 7.37. The summed E-state index contributed by atoms with van der Waals surface area (Å²) in [5.41, 5.74) is 3.33. The van der Waals surface area contributed by atoms with E-state index in [0.717, 1.165) is 43.3 Å². The van der Waals surface area contributed by atoms with Crippen molar-refractivity contribution in [3.63, 3.8) is 0 Å². The van der Waals surface area contributed by atoms with E-state index >= 15 is 0 Å². The van der Waals surface area contributed by atoms with Gasteiger partial charge in [-0.15, -0.1) is 0 Å². The van der Waals surface area contributed by atoms with Crippen LogP contribution in [-0.2, 0) is 5.75 Å². The van der Waals surface area contributed by atoms with Crippen molar-refractivity contribution in [3.8, 4) is 0 Å². The number of hydrogen-bond donors (Lipinski definition) is 1. The van der Waals surface area contributed by atoms with Crippen LogP contribution in [0.25, 0.3) is 0 Å². The van der Waals surface area contributed by atoms with E-state index in [1.807, 2.05) is 25.1 Å². The molecule has 1 saturated heterocycles. The molecule has 0 saturated carbocycles. The van der Waals surface area contributed by atoms with Crippen LogP contribution in [0.4, 0.5) is 11.4 Å². The minimum atomic E-state index is -0.172. The van der Waals surface area contributed by atoms with E-state index in [1.54, 1.807) is 18.3 Å². The summed E-state index contributed by atoms with van der Waals surface area (Å²) in [5.74, 6) is 1.19. The Morgan fingerprint density at radius 3 is 2.63 bits per heavy atom. The predicted octanol–water partition coefficient (Wildman–Crippen LogP) is 3.67. The fraction of sp³-hybridized carbons (Fsp3) is 0.318. The first-order valence-electron chi connectivity index (χ1n) is 9.93. The van der Waals surface area contributed by atoms with Crippen molar-refractivity contribution in [2.45, 2.75) is 17.7 Å². The first-order chi connectivity index (χ1) is 14.6. The zero-order valence-electron chi connectivity index (χ0n) is 17.2. The molecule has 156 valence electrons. The molecule has 1 aliphatic heterocycles. The van der Waals surface area contributed by atoms with Gasteiger partial charge < -0.3 is 19.6 Å². The normalized spacial score (nSPS) is 14.7. The zero-order valence-corrected chi connectivity index (χ0v) is 18.0. The average molecular weight is 424 g/mol. The molecule has 0 radical (unpaired) electrons. The molecule has 1 aromatic carbocycles. The number of pyridine rings is 1. The topological polar surface area (TPSA) is 74.5 Å². The third-order valence-electron chi connectivity index (χ3n) is 5.04. The van der Waals surface area contributed by atoms with Crippen molar-refractivity contribution in [3.05, 3.63) is 65.7 Å². The van der Waals surface area contributed by atoms with Gasteiger partial charge in [0.15, 0.2) is 0 Å². The molecule has 0 unspecified atom stereocenters. The second kappa shape index (κ2) is 9.32. The molecule has 2 aromatic heterocycles. The summed E-state index contributed by atoms with van der Waals surface area (Å²) in [7, 11) is 2.15. The van der Waals surface area contributed by atoms with E-state index in [0.29, 0.717) is 16.3 Å². The lowest BCUT2D eigenvalue weighted by molar-refractivity contribution is 0.102. The number of benzene rings is 1. The van der Waals surface area contributed by atoms with Crippen molar-refractivity contribution < 1.29 is 9.32 Å². The fourth-order valence-corrected chi connectivity index (χ4v) is 4.20. The maximum Gasteiger partial charge on any atom is 0.258 e. The maximum atomic E-state index is 12.9. The highest BCUT2D eigenvalue weighted by molar-refractivity contribution is 7.98. The van der Waals surface area contributed by atoms with E-state index in [4.69, 9.17) is 4.52 Å². The molecule has 1 fully saturated rings. The van der Waals surface area contributed by atoms with Gasteiger partial charge in [0.05, 0.1) is 11.3 Å². The summed E-state index contributed by atoms with van der Waals surface area (Å²) >= 11 is 1.47. The van der Waals surface area contributed by atoms with Gasteiger partial charge in [0.1, 0.15) is 10.8 Å². The van der Waals surface area contributed by atoms with E-state index in [1.165, 1.54) is 17.4 Å². The van der Waals surface area contributed by atoms with Crippen LogP contribution in [0, 0.1) is 6.92 Å². The van der Waals surface area contributed by atoms with Crippen molar-refractivity contribution in [1.82, 2.24) is 15.0 Å². The van der Waals surface area contributed by atoms with Gasteiger partial charge in [-0.1, -0.05) is 16.9 Å². The summed E-state index contributed by atoms with van der Waals surface area (Å²) in [5, 5.41) is 7.65. The van der Waals surface area contributed by atoms with E-state index in [9.17, 15) is 4.79 Å². The van der Waals surface area contributed by atoms with Crippen LogP contribution in [-0.4, -0.2) is 54.2 Å². The first kappa shape index (κ1) is 20.4. The minimum Gasteiger partial charge on any atom is -0.369 e. The van der Waals surface area contributed by atoms with Gasteiger partial charge in [-0.3, -0.25) is 4.79 Å². The third kappa shape index (κ3) is 5.01. The Hall–Kier alpha value is -2.84. The molecule has 0 spiro atoms. The minimum absolute atomic E-state index is 0.172. The number of aryl methyl sites for hydroxylation is 1. The molecule has 0 aliphatic carbocycles. The van der Waals surface area contributed by atoms with Crippen molar-refractivity contribution in [2.75, 3.05) is 43.4 Å². The van der Waals surface area contributed by atoms with Crippen LogP contribution in [0.1, 0.15) is 21.8 Å². The molecule has 4 rings (SSSR count). The number of nitrogens with one attached hydrogen (secondary N) is 1. The fourth-order valence-electron chi connectivity index (χ4n) is 3.33. The number of anilines is 2. The van der Waals surface area contributed by atoms with Gasteiger partial charge in [0.25, 0.3) is 5.91 Å². The number of likely N-dealkylation sites (N-methyl/N-ethyl adjacent to an activating group) is 1. The molecular formula is C22H25N5O2S. The molecule has 1 N–H and O–H groups in total. The van der Waals surface area contributed by atoms with Crippen molar-refractivity contribution in [2.24, 2.45) is 0 Å². The van der Waals surface area contributed by atoms with Gasteiger partial charge >= 0.3 is 0 Å². The Kier molecular flexibility index (Phi) is 6.35. The molecule has 1 aliphatic rings. The second-order valence-corrected chi connectivity index (χ2v) is 8.33. The maximum absolute atomic E-state index is 12.9. The van der Waals surface area contributed by atoms with Crippen LogP contribution in [0.2, 0.25) is 0 Å². The predicted molar refractivity (Wildman–Crippen MR) is 119 cm³/mol. The van der Waals surface area contributed by atoms with Gasteiger partial charge in [-0.2, -0.15) is 0 Å². The molecule has 8 heteroatoms. The van der Waals surface area contributed by atoms with Crippen LogP contribution in [0.15, 0.2) is 58.2 Å². The Morgan fingerprint density at radius 2 is 1.93 bits per heavy atom. The number of hydrogen-bond acceptors (Lipinski definition) is 7. The summed E-state index contributed by atoms with van der Waals surface area (Å²) in [6.07, 6.45) is 1.69. The number of amides is 1. The van der Waals surface area contributed by atoms with Gasteiger partial charge in [0, 0.05) is 55.6 Å². The van der Waals surface area contributed by atoms with Crippen LogP contribution >= 0.6 is 11.8 Å². The Balaban J connectivity index is 1.40. The summed E-state index contributed by atoms with van der Waals surface area (Å²) in [4.78, 5) is 21.9. The molecule has 3 aromatic rings. The Labute approximate surface area is 180 Å². The SMILES string of the molecule is Cc1cc(CSc2ncccc2C(=O)Nc2ccc(N3CCN(C)CC3)cc2)no1. The van der Waals surface area contributed by atoms with E-state index < -0.39 is 0 Å². The molecule has 3 heterocycles. The van der Waals surface area contributed by atoms with Gasteiger partial charge in [-0.25, -0.2) is 4.98 Å². The van der Waals surface area contributed by atoms with Crippen LogP contribution in [0.3, 0.4) is 0 Å². The van der Waals surface area contributed by atoms with Gasteiger partial charge in [-0.05, 0) is 50.4 Å². The number of carbonyl (C=O) groups is 1. The van der Waals surface area contributed by atoms with Crippen LogP contribution in [0.5, 0.6) is 0 Å². The number of carbonyl (C=O) groups excluding carboxylic acids is 1. The molecule has 1 amide bonds. The largest absolute Gasteiger partial charge is 0.369 e. The average Bonchev–Trinajstić information content (AvgIpc) is 3.19. The van der Waals surface area contributed by atoms with Crippen molar-refractivity contribution in [1.29, 1.82) is 0 Å². The smallest absolute Gasteiger partial charge is 0.258 e. The lowest BCUT2D eigenvalue weighted by Crippen LogP contribution is -2.44. The van der Waals surface area contributed by atoms with Gasteiger partial charge in [0.2, 0.25) is 0 Å². The van der Waals surface area contributed by atoms with E-state index in [-0.39, 0.29) is 5.91 Å². The molecular weight excluding hydrogens is 398 g/mol. The molecule has 7 nitrogen and oxygen atoms in total. The number of piperazine rings is 1. The number of thioether (sulfide) groups is 1. The van der Waals surface area contributed by atoms with Crippen molar-refractivity contribution >= 4 is 29.0 Å².